The molecule has 175 valence electrons. The topological polar surface area (TPSA) is 0 Å². The van der Waals surface area contributed by atoms with Gasteiger partial charge in [0.2, 0.25) is 0 Å². The van der Waals surface area contributed by atoms with Crippen LogP contribution in [0.2, 0.25) is 8.87 Å². The number of hydrogen-bond donors (Lipinski definition) is 0. The van der Waals surface area contributed by atoms with Gasteiger partial charge in [-0.05, 0) is 0 Å². The van der Waals surface area contributed by atoms with Gasteiger partial charge in [-0.15, -0.1) is 0 Å². The van der Waals surface area contributed by atoms with E-state index in [1.165, 1.54) is 33.4 Å². The van der Waals surface area contributed by atoms with E-state index in [1.54, 1.807) is 22.3 Å². The molecule has 0 fully saturated rings. The van der Waals surface area contributed by atoms with Crippen molar-refractivity contribution in [3.63, 3.8) is 0 Å². The number of benzene rings is 4. The van der Waals surface area contributed by atoms with Crippen LogP contribution in [0.25, 0.3) is 34.4 Å². The minimum atomic E-state index is -0.840. The maximum absolute atomic E-state index is 2.57. The van der Waals surface area contributed by atoms with Crippen LogP contribution in [-0.4, -0.2) is 21.1 Å². The summed E-state index contributed by atoms with van der Waals surface area (Å²) in [6.07, 6.45) is 4.98. The molecule has 2 atom stereocenters. The van der Waals surface area contributed by atoms with Crippen molar-refractivity contribution in [3.8, 4) is 22.3 Å². The monoisotopic (exact) mass is 739 g/mol. The van der Waals surface area contributed by atoms with Crippen LogP contribution in [0, 0.1) is 0 Å². The fraction of sp³-hybridized carbons (Fsp3) is 0.176. The molecule has 2 unspecified atom stereocenters. The Labute approximate surface area is 244 Å². The SMILES string of the molecule is [CH3][SnH][CH](C1C(C)=Cc2c(-c3ccccc3)cccc21)C1C(C)=Cc2c(-c3ccccc3)cccc21.[Hf]. The number of allylic oxidation sites excluding steroid dienone is 2. The zero-order valence-corrected chi connectivity index (χ0v) is 28.1. The summed E-state index contributed by atoms with van der Waals surface area (Å²) in [5.41, 5.74) is 14.4. The van der Waals surface area contributed by atoms with Crippen molar-refractivity contribution in [2.24, 2.45) is 0 Å². The maximum atomic E-state index is 2.57. The Morgan fingerprint density at radius 1 is 0.556 bits per heavy atom. The Kier molecular flexibility index (Phi) is 7.70. The van der Waals surface area contributed by atoms with Crippen LogP contribution >= 0.6 is 0 Å². The molecule has 0 aromatic heterocycles. The zero-order chi connectivity index (χ0) is 23.9. The van der Waals surface area contributed by atoms with Crippen LogP contribution in [0.1, 0.15) is 47.9 Å². The van der Waals surface area contributed by atoms with Crippen molar-refractivity contribution < 1.29 is 25.8 Å². The molecule has 0 saturated heterocycles. The van der Waals surface area contributed by atoms with Crippen LogP contribution < -0.4 is 0 Å². The van der Waals surface area contributed by atoms with Crippen molar-refractivity contribution in [2.75, 3.05) is 0 Å². The molecule has 0 aliphatic heterocycles. The van der Waals surface area contributed by atoms with E-state index >= 15 is 0 Å². The molecule has 0 spiro atoms. The summed E-state index contributed by atoms with van der Waals surface area (Å²) in [5, 5.41) is 0. The van der Waals surface area contributed by atoms with E-state index < -0.39 is 21.1 Å². The second-order valence-corrected chi connectivity index (χ2v) is 14.1. The Morgan fingerprint density at radius 3 is 1.36 bits per heavy atom. The van der Waals surface area contributed by atoms with Gasteiger partial charge in [0, 0.05) is 25.8 Å². The average Bonchev–Trinajstić information content (AvgIpc) is 3.42. The maximum Gasteiger partial charge on any atom is 0 e. The number of hydrogen-bond acceptors (Lipinski definition) is 0. The first-order chi connectivity index (χ1) is 17.2. The van der Waals surface area contributed by atoms with Gasteiger partial charge < -0.3 is 0 Å². The first-order valence-electron chi connectivity index (χ1n) is 12.7. The molecule has 0 heterocycles. The third kappa shape index (κ3) is 4.37. The minimum Gasteiger partial charge on any atom is 0 e. The van der Waals surface area contributed by atoms with Gasteiger partial charge in [0.15, 0.2) is 0 Å². The second kappa shape index (κ2) is 10.8. The van der Waals surface area contributed by atoms with Crippen molar-refractivity contribution in [3.05, 3.63) is 130 Å². The first-order valence-corrected chi connectivity index (χ1v) is 17.9. The van der Waals surface area contributed by atoms with Crippen LogP contribution in [0.4, 0.5) is 0 Å². The normalized spacial score (nSPS) is 18.5. The quantitative estimate of drug-likeness (QED) is 0.180. The van der Waals surface area contributed by atoms with Gasteiger partial charge in [-0.1, -0.05) is 0 Å². The van der Waals surface area contributed by atoms with Crippen molar-refractivity contribution in [2.45, 2.75) is 34.6 Å². The summed E-state index contributed by atoms with van der Waals surface area (Å²) in [5.74, 6) is 1.05. The standard InChI is InChI=1S/C33H27.CH3.Hf.Sn.H/c1-22-19-32-26(24-11-5-3-6-12-24)15-9-17-28(32)30(22)21-31-23(2)20-33-27(16-10-18-29(31)33)25-13-7-4-8-14-25;;;;/h3-21,30-31H,1-2H3;1H3;;;. The molecular formula is C34H31HfSn. The van der Waals surface area contributed by atoms with E-state index in [0.717, 1.165) is 3.93 Å². The molecule has 1 radical (unpaired) electrons. The minimum absolute atomic E-state index is 0. The first kappa shape index (κ1) is 25.7. The van der Waals surface area contributed by atoms with Gasteiger partial charge in [-0.2, -0.15) is 0 Å². The molecule has 0 bridgehead atoms. The number of rotatable bonds is 5. The van der Waals surface area contributed by atoms with Crippen LogP contribution in [0.3, 0.4) is 0 Å². The van der Waals surface area contributed by atoms with Crippen molar-refractivity contribution in [1.29, 1.82) is 0 Å². The van der Waals surface area contributed by atoms with E-state index in [-0.39, 0.29) is 25.8 Å². The van der Waals surface area contributed by atoms with Gasteiger partial charge >= 0.3 is 221 Å². The van der Waals surface area contributed by atoms with E-state index in [2.05, 4.69) is 128 Å². The molecule has 0 nitrogen and oxygen atoms in total. The van der Waals surface area contributed by atoms with Gasteiger partial charge in [0.05, 0.1) is 0 Å². The Balaban J connectivity index is 0.00000267. The predicted molar refractivity (Wildman–Crippen MR) is 153 cm³/mol. The average molecular weight is 737 g/mol. The summed E-state index contributed by atoms with van der Waals surface area (Å²) in [4.78, 5) is 2.57. The fourth-order valence-corrected chi connectivity index (χ4v) is 11.6. The molecule has 2 heteroatoms. The number of fused-ring (bicyclic) bond motifs is 2. The van der Waals surface area contributed by atoms with E-state index in [1.807, 2.05) is 0 Å². The van der Waals surface area contributed by atoms with Gasteiger partial charge in [-0.25, -0.2) is 0 Å². The smallest absolute Gasteiger partial charge is 0 e. The predicted octanol–water partition coefficient (Wildman–Crippen LogP) is 8.99. The molecular weight excluding hydrogens is 706 g/mol. The Morgan fingerprint density at radius 2 is 0.972 bits per heavy atom. The third-order valence-corrected chi connectivity index (χ3v) is 12.4. The van der Waals surface area contributed by atoms with Crippen LogP contribution in [-0.2, 0) is 25.8 Å². The van der Waals surface area contributed by atoms with E-state index in [9.17, 15) is 0 Å². The Hall–Kier alpha value is -1.97. The summed E-state index contributed by atoms with van der Waals surface area (Å²) in [6.45, 7) is 4.75. The molecule has 2 aliphatic carbocycles. The van der Waals surface area contributed by atoms with Crippen LogP contribution in [0.5, 0.6) is 0 Å². The van der Waals surface area contributed by atoms with E-state index in [0.29, 0.717) is 11.8 Å². The summed E-state index contributed by atoms with van der Waals surface area (Å²) in [6, 6.07) is 35.7. The molecule has 0 N–H and O–H groups in total. The molecule has 4 aromatic rings. The molecule has 6 rings (SSSR count). The van der Waals surface area contributed by atoms with Crippen molar-refractivity contribution >= 4 is 33.3 Å². The second-order valence-electron chi connectivity index (χ2n) is 9.99. The molecule has 0 amide bonds. The van der Waals surface area contributed by atoms with Crippen LogP contribution in [0.15, 0.2) is 108 Å². The third-order valence-electron chi connectivity index (χ3n) is 8.00. The van der Waals surface area contributed by atoms with E-state index in [4.69, 9.17) is 0 Å². The molecule has 0 saturated carbocycles. The molecule has 2 aliphatic rings. The fourth-order valence-electron chi connectivity index (χ4n) is 6.49. The van der Waals surface area contributed by atoms with Gasteiger partial charge in [-0.3, -0.25) is 0 Å². The van der Waals surface area contributed by atoms with Gasteiger partial charge in [0.1, 0.15) is 0 Å². The zero-order valence-electron chi connectivity index (χ0n) is 21.2. The Bertz CT molecular complexity index is 1340. The molecule has 36 heavy (non-hydrogen) atoms. The largest absolute Gasteiger partial charge is 0 e. The van der Waals surface area contributed by atoms with Gasteiger partial charge in [0.25, 0.3) is 0 Å². The molecule has 4 aromatic carbocycles. The summed E-state index contributed by atoms with van der Waals surface area (Å²) in [7, 11) is 0. The summed E-state index contributed by atoms with van der Waals surface area (Å²) >= 11 is -0.840. The summed E-state index contributed by atoms with van der Waals surface area (Å²) < 4.78 is 0.720. The van der Waals surface area contributed by atoms with Crippen molar-refractivity contribution in [1.82, 2.24) is 0 Å².